The van der Waals surface area contributed by atoms with Gasteiger partial charge in [-0.1, -0.05) is 24.3 Å². The lowest BCUT2D eigenvalue weighted by Crippen LogP contribution is -2.39. The molecule has 4 heteroatoms. The minimum atomic E-state index is 0.602. The second-order valence-corrected chi connectivity index (χ2v) is 6.30. The normalized spacial score (nSPS) is 18.5. The lowest BCUT2D eigenvalue weighted by atomic mass is 9.94. The highest BCUT2D eigenvalue weighted by Crippen LogP contribution is 2.29. The number of likely N-dealkylation sites (tertiary alicyclic amines) is 1. The van der Waals surface area contributed by atoms with E-state index in [-0.39, 0.29) is 0 Å². The first kappa shape index (κ1) is 15.7. The summed E-state index contributed by atoms with van der Waals surface area (Å²) in [6, 6.07) is 13.0. The topological polar surface area (TPSA) is 32.6 Å². The Morgan fingerprint density at radius 3 is 2.78 bits per heavy atom. The van der Waals surface area contributed by atoms with E-state index in [1.165, 1.54) is 23.2 Å². The molecule has 1 aliphatic heterocycles. The van der Waals surface area contributed by atoms with Crippen LogP contribution in [0.3, 0.4) is 0 Å². The van der Waals surface area contributed by atoms with Crippen LogP contribution in [0.1, 0.15) is 29.2 Å². The average molecular weight is 310 g/mol. The van der Waals surface area contributed by atoms with E-state index in [1.54, 1.807) is 0 Å². The Bertz CT molecular complexity index is 686. The molecule has 0 saturated carbocycles. The van der Waals surface area contributed by atoms with E-state index in [9.17, 15) is 0 Å². The molecule has 1 aliphatic rings. The van der Waals surface area contributed by atoms with Gasteiger partial charge in [0.2, 0.25) is 0 Å². The number of aryl methyl sites for hydroxylation is 2. The summed E-state index contributed by atoms with van der Waals surface area (Å²) in [5.41, 5.74) is 4.14. The van der Waals surface area contributed by atoms with Crippen molar-refractivity contribution in [1.29, 1.82) is 0 Å². The van der Waals surface area contributed by atoms with Gasteiger partial charge in [-0.05, 0) is 36.6 Å². The Labute approximate surface area is 138 Å². The molecule has 2 heterocycles. The van der Waals surface area contributed by atoms with Crippen molar-refractivity contribution < 1.29 is 0 Å². The number of hydrogen-bond donors (Lipinski definition) is 1. The summed E-state index contributed by atoms with van der Waals surface area (Å²) in [7, 11) is 3.94. The van der Waals surface area contributed by atoms with E-state index in [2.05, 4.69) is 76.3 Å². The van der Waals surface area contributed by atoms with Gasteiger partial charge in [0.15, 0.2) is 5.96 Å². The molecule has 0 amide bonds. The van der Waals surface area contributed by atoms with Gasteiger partial charge >= 0.3 is 0 Å². The molecule has 2 aromatic rings. The zero-order valence-corrected chi connectivity index (χ0v) is 14.3. The molecule has 0 radical (unpaired) electrons. The van der Waals surface area contributed by atoms with E-state index in [4.69, 9.17) is 0 Å². The molecule has 122 valence electrons. The van der Waals surface area contributed by atoms with E-state index in [1.807, 2.05) is 7.05 Å². The largest absolute Gasteiger partial charge is 0.353 e. The third-order valence-electron chi connectivity index (χ3n) is 4.81. The molecule has 0 spiro atoms. The van der Waals surface area contributed by atoms with E-state index >= 15 is 0 Å². The molecule has 1 aromatic carbocycles. The fourth-order valence-corrected chi connectivity index (χ4v) is 3.43. The van der Waals surface area contributed by atoms with Crippen molar-refractivity contribution >= 4 is 5.96 Å². The van der Waals surface area contributed by atoms with Crippen LogP contribution < -0.4 is 5.32 Å². The number of nitrogens with zero attached hydrogens (tertiary/aromatic N) is 3. The molecule has 23 heavy (non-hydrogen) atoms. The fourth-order valence-electron chi connectivity index (χ4n) is 3.43. The molecule has 3 rings (SSSR count). The zero-order chi connectivity index (χ0) is 16.2. The summed E-state index contributed by atoms with van der Waals surface area (Å²) in [5.74, 6) is 1.60. The van der Waals surface area contributed by atoms with Gasteiger partial charge in [-0.25, -0.2) is 0 Å². The average Bonchev–Trinajstić information content (AvgIpc) is 3.18. The highest BCUT2D eigenvalue weighted by atomic mass is 15.3. The number of aromatic nitrogens is 1. The first-order chi connectivity index (χ1) is 11.2. The number of nitrogens with one attached hydrogen (secondary N) is 1. The molecule has 1 fully saturated rings. The standard InChI is InChI=1S/C19H26N4/c1-15-7-4-5-9-18(15)16-10-12-23(14-16)19(20-2)21-13-17-8-6-11-22(17)3/h4-9,11,16H,10,12-14H2,1-3H3,(H,20,21). The highest BCUT2D eigenvalue weighted by Gasteiger charge is 2.26. The van der Waals surface area contributed by atoms with Crippen molar-refractivity contribution in [2.45, 2.75) is 25.8 Å². The Hall–Kier alpha value is -2.23. The molecule has 1 saturated heterocycles. The van der Waals surface area contributed by atoms with Crippen LogP contribution in [0.5, 0.6) is 0 Å². The van der Waals surface area contributed by atoms with Gasteiger partial charge in [-0.2, -0.15) is 0 Å². The second kappa shape index (κ2) is 6.90. The molecule has 1 aromatic heterocycles. The van der Waals surface area contributed by atoms with Crippen LogP contribution in [0.25, 0.3) is 0 Å². The minimum absolute atomic E-state index is 0.602. The first-order valence-electron chi connectivity index (χ1n) is 8.30. The molecular weight excluding hydrogens is 284 g/mol. The number of aliphatic imine (C=N–C) groups is 1. The molecule has 1 unspecified atom stereocenters. The van der Waals surface area contributed by atoms with Crippen molar-refractivity contribution in [2.24, 2.45) is 12.0 Å². The smallest absolute Gasteiger partial charge is 0.193 e. The van der Waals surface area contributed by atoms with Gasteiger partial charge in [-0.3, -0.25) is 4.99 Å². The lowest BCUT2D eigenvalue weighted by molar-refractivity contribution is 0.484. The predicted octanol–water partition coefficient (Wildman–Crippen LogP) is 2.90. The summed E-state index contributed by atoms with van der Waals surface area (Å²) < 4.78 is 2.14. The molecular formula is C19H26N4. The first-order valence-corrected chi connectivity index (χ1v) is 8.30. The van der Waals surface area contributed by atoms with Crippen LogP contribution in [-0.4, -0.2) is 35.6 Å². The highest BCUT2D eigenvalue weighted by molar-refractivity contribution is 5.80. The predicted molar refractivity (Wildman–Crippen MR) is 95.7 cm³/mol. The zero-order valence-electron chi connectivity index (χ0n) is 14.3. The fraction of sp³-hybridized carbons (Fsp3) is 0.421. The van der Waals surface area contributed by atoms with Gasteiger partial charge < -0.3 is 14.8 Å². The van der Waals surface area contributed by atoms with E-state index in [0.717, 1.165) is 25.6 Å². The van der Waals surface area contributed by atoms with Crippen molar-refractivity contribution in [1.82, 2.24) is 14.8 Å². The van der Waals surface area contributed by atoms with Crippen LogP contribution in [0, 0.1) is 6.92 Å². The second-order valence-electron chi connectivity index (χ2n) is 6.30. The maximum absolute atomic E-state index is 4.47. The summed E-state index contributed by atoms with van der Waals surface area (Å²) in [4.78, 5) is 6.85. The molecule has 1 atom stereocenters. The van der Waals surface area contributed by atoms with Crippen molar-refractivity contribution in [2.75, 3.05) is 20.1 Å². The number of benzene rings is 1. The number of hydrogen-bond acceptors (Lipinski definition) is 1. The molecule has 0 bridgehead atoms. The Morgan fingerprint density at radius 1 is 1.26 bits per heavy atom. The van der Waals surface area contributed by atoms with Gasteiger partial charge in [-0.15, -0.1) is 0 Å². The third-order valence-corrected chi connectivity index (χ3v) is 4.81. The van der Waals surface area contributed by atoms with Gasteiger partial charge in [0, 0.05) is 45.0 Å². The monoisotopic (exact) mass is 310 g/mol. The van der Waals surface area contributed by atoms with Crippen molar-refractivity contribution in [3.8, 4) is 0 Å². The lowest BCUT2D eigenvalue weighted by Gasteiger charge is -2.22. The maximum Gasteiger partial charge on any atom is 0.193 e. The number of guanidine groups is 1. The van der Waals surface area contributed by atoms with Crippen molar-refractivity contribution in [3.63, 3.8) is 0 Å². The van der Waals surface area contributed by atoms with Crippen LogP contribution in [0.2, 0.25) is 0 Å². The van der Waals surface area contributed by atoms with Crippen LogP contribution in [-0.2, 0) is 13.6 Å². The summed E-state index contributed by atoms with van der Waals surface area (Å²) in [6.07, 6.45) is 3.26. The maximum atomic E-state index is 4.47. The molecule has 4 nitrogen and oxygen atoms in total. The van der Waals surface area contributed by atoms with Gasteiger partial charge in [0.1, 0.15) is 0 Å². The summed E-state index contributed by atoms with van der Waals surface area (Å²) in [6.45, 7) is 5.12. The minimum Gasteiger partial charge on any atom is -0.353 e. The Morgan fingerprint density at radius 2 is 2.09 bits per heavy atom. The quantitative estimate of drug-likeness (QED) is 0.698. The summed E-state index contributed by atoms with van der Waals surface area (Å²) >= 11 is 0. The summed E-state index contributed by atoms with van der Waals surface area (Å²) in [5, 5.41) is 3.50. The third kappa shape index (κ3) is 3.41. The van der Waals surface area contributed by atoms with Crippen molar-refractivity contribution in [3.05, 3.63) is 59.4 Å². The van der Waals surface area contributed by atoms with Gasteiger partial charge in [0.25, 0.3) is 0 Å². The molecule has 1 N–H and O–H groups in total. The Balaban J connectivity index is 1.63. The van der Waals surface area contributed by atoms with Crippen LogP contribution >= 0.6 is 0 Å². The van der Waals surface area contributed by atoms with E-state index < -0.39 is 0 Å². The Kier molecular flexibility index (Phi) is 4.70. The SMILES string of the molecule is CN=C(NCc1cccn1C)N1CCC(c2ccccc2C)C1. The molecule has 0 aliphatic carbocycles. The van der Waals surface area contributed by atoms with E-state index in [0.29, 0.717) is 5.92 Å². The van der Waals surface area contributed by atoms with Crippen LogP contribution in [0.15, 0.2) is 47.6 Å². The van der Waals surface area contributed by atoms with Crippen LogP contribution in [0.4, 0.5) is 0 Å². The number of rotatable bonds is 3. The van der Waals surface area contributed by atoms with Gasteiger partial charge in [0.05, 0.1) is 6.54 Å².